The molecule has 102 valence electrons. The fraction of sp³-hybridized carbons (Fsp3) is 0.846. The summed E-state index contributed by atoms with van der Waals surface area (Å²) >= 11 is 0. The van der Waals surface area contributed by atoms with Crippen LogP contribution in [0.15, 0.2) is 0 Å². The number of amides is 1. The van der Waals surface area contributed by atoms with Gasteiger partial charge in [-0.05, 0) is 38.8 Å². The van der Waals surface area contributed by atoms with Crippen molar-refractivity contribution in [2.24, 2.45) is 11.7 Å². The molecule has 0 aromatic heterocycles. The fourth-order valence-electron chi connectivity index (χ4n) is 2.35. The third kappa shape index (κ3) is 5.48. The molecule has 1 amide bonds. The van der Waals surface area contributed by atoms with Crippen LogP contribution in [0.25, 0.3) is 0 Å². The molecule has 0 bridgehead atoms. The standard InChI is InChI=1S/C13H24N4O/c14-6-2-1-3-9-17-10-4-5-12(11-17)13(18)16-8-7-15/h12H,1-5,7-11,15H2,(H,16,18). The summed E-state index contributed by atoms with van der Waals surface area (Å²) in [4.78, 5) is 14.2. The van der Waals surface area contributed by atoms with Gasteiger partial charge in [0.2, 0.25) is 5.91 Å². The van der Waals surface area contributed by atoms with Crippen molar-refractivity contribution in [1.82, 2.24) is 10.2 Å². The SMILES string of the molecule is N#CCCCCN1CCCC(C(=O)NCCN)C1. The summed E-state index contributed by atoms with van der Waals surface area (Å²) in [7, 11) is 0. The number of carbonyl (C=O) groups excluding carboxylic acids is 1. The lowest BCUT2D eigenvalue weighted by molar-refractivity contribution is -0.126. The molecule has 1 rings (SSSR count). The van der Waals surface area contributed by atoms with Gasteiger partial charge in [-0.3, -0.25) is 4.79 Å². The Kier molecular flexibility index (Phi) is 7.38. The Morgan fingerprint density at radius 1 is 1.50 bits per heavy atom. The minimum absolute atomic E-state index is 0.112. The molecule has 0 radical (unpaired) electrons. The molecule has 18 heavy (non-hydrogen) atoms. The van der Waals surface area contributed by atoms with Gasteiger partial charge >= 0.3 is 0 Å². The van der Waals surface area contributed by atoms with Crippen molar-refractivity contribution < 1.29 is 4.79 Å². The molecule has 0 aromatic carbocycles. The molecule has 0 saturated carbocycles. The molecule has 5 nitrogen and oxygen atoms in total. The number of carbonyl (C=O) groups is 1. The number of nitriles is 1. The Morgan fingerprint density at radius 3 is 3.06 bits per heavy atom. The van der Waals surface area contributed by atoms with E-state index in [1.54, 1.807) is 0 Å². The molecule has 0 aromatic rings. The van der Waals surface area contributed by atoms with E-state index in [9.17, 15) is 4.79 Å². The van der Waals surface area contributed by atoms with Crippen molar-refractivity contribution in [1.29, 1.82) is 5.26 Å². The zero-order valence-electron chi connectivity index (χ0n) is 11.0. The van der Waals surface area contributed by atoms with Crippen LogP contribution in [-0.2, 0) is 4.79 Å². The first-order valence-corrected chi connectivity index (χ1v) is 6.85. The lowest BCUT2D eigenvalue weighted by Gasteiger charge is -2.31. The van der Waals surface area contributed by atoms with Crippen molar-refractivity contribution in [2.75, 3.05) is 32.7 Å². The Labute approximate surface area is 109 Å². The quantitative estimate of drug-likeness (QED) is 0.645. The Hall–Kier alpha value is -1.12. The molecule has 0 spiro atoms. The summed E-state index contributed by atoms with van der Waals surface area (Å²) in [5, 5.41) is 11.3. The lowest BCUT2D eigenvalue weighted by Crippen LogP contribution is -2.44. The number of nitrogens with two attached hydrogens (primary N) is 1. The van der Waals surface area contributed by atoms with Gasteiger partial charge in [0, 0.05) is 26.1 Å². The van der Waals surface area contributed by atoms with Crippen molar-refractivity contribution in [3.8, 4) is 6.07 Å². The summed E-state index contributed by atoms with van der Waals surface area (Å²) in [6.45, 7) is 3.99. The van der Waals surface area contributed by atoms with Gasteiger partial charge in [-0.25, -0.2) is 0 Å². The average molecular weight is 252 g/mol. The van der Waals surface area contributed by atoms with Gasteiger partial charge in [0.1, 0.15) is 0 Å². The molecule has 3 N–H and O–H groups in total. The summed E-state index contributed by atoms with van der Waals surface area (Å²) in [6, 6.07) is 2.16. The molecule has 1 saturated heterocycles. The van der Waals surface area contributed by atoms with E-state index in [-0.39, 0.29) is 11.8 Å². The molecular weight excluding hydrogens is 228 g/mol. The number of hydrogen-bond acceptors (Lipinski definition) is 4. The number of unbranched alkanes of at least 4 members (excludes halogenated alkanes) is 2. The van der Waals surface area contributed by atoms with Crippen LogP contribution >= 0.6 is 0 Å². The third-order valence-electron chi connectivity index (χ3n) is 3.33. The van der Waals surface area contributed by atoms with Crippen molar-refractivity contribution >= 4 is 5.91 Å². The highest BCUT2D eigenvalue weighted by atomic mass is 16.1. The summed E-state index contributed by atoms with van der Waals surface area (Å²) < 4.78 is 0. The number of likely N-dealkylation sites (tertiary alicyclic amines) is 1. The topological polar surface area (TPSA) is 82.2 Å². The largest absolute Gasteiger partial charge is 0.355 e. The summed E-state index contributed by atoms with van der Waals surface area (Å²) in [5.41, 5.74) is 5.38. The van der Waals surface area contributed by atoms with E-state index in [4.69, 9.17) is 11.0 Å². The highest BCUT2D eigenvalue weighted by molar-refractivity contribution is 5.78. The van der Waals surface area contributed by atoms with E-state index in [1.807, 2.05) is 0 Å². The van der Waals surface area contributed by atoms with Crippen LogP contribution in [0, 0.1) is 17.2 Å². The minimum Gasteiger partial charge on any atom is -0.355 e. The summed E-state index contributed by atoms with van der Waals surface area (Å²) in [5.74, 6) is 0.253. The van der Waals surface area contributed by atoms with Gasteiger partial charge in [0.25, 0.3) is 0 Å². The van der Waals surface area contributed by atoms with E-state index < -0.39 is 0 Å². The minimum atomic E-state index is 0.112. The predicted octanol–water partition coefficient (Wildman–Crippen LogP) is 0.467. The second-order valence-corrected chi connectivity index (χ2v) is 4.83. The molecule has 1 fully saturated rings. The summed E-state index contributed by atoms with van der Waals surface area (Å²) in [6.07, 6.45) is 4.69. The van der Waals surface area contributed by atoms with Gasteiger partial charge < -0.3 is 16.0 Å². The second-order valence-electron chi connectivity index (χ2n) is 4.83. The molecule has 5 heteroatoms. The average Bonchev–Trinajstić information content (AvgIpc) is 2.41. The first kappa shape index (κ1) is 14.9. The first-order valence-electron chi connectivity index (χ1n) is 6.85. The van der Waals surface area contributed by atoms with Gasteiger partial charge in [0.15, 0.2) is 0 Å². The molecule has 1 heterocycles. The zero-order valence-corrected chi connectivity index (χ0v) is 11.0. The number of nitrogens with one attached hydrogen (secondary N) is 1. The number of nitrogens with zero attached hydrogens (tertiary/aromatic N) is 2. The monoisotopic (exact) mass is 252 g/mol. The van der Waals surface area contributed by atoms with Gasteiger partial charge in [0.05, 0.1) is 12.0 Å². The first-order chi connectivity index (χ1) is 8.77. The van der Waals surface area contributed by atoms with Crippen molar-refractivity contribution in [3.63, 3.8) is 0 Å². The van der Waals surface area contributed by atoms with E-state index >= 15 is 0 Å². The Balaban J connectivity index is 2.23. The Morgan fingerprint density at radius 2 is 2.33 bits per heavy atom. The maximum atomic E-state index is 11.8. The highest BCUT2D eigenvalue weighted by Crippen LogP contribution is 2.17. The molecule has 1 aliphatic rings. The molecular formula is C13H24N4O. The smallest absolute Gasteiger partial charge is 0.224 e. The van der Waals surface area contributed by atoms with Crippen LogP contribution in [0.3, 0.4) is 0 Å². The highest BCUT2D eigenvalue weighted by Gasteiger charge is 2.24. The van der Waals surface area contributed by atoms with Crippen LogP contribution < -0.4 is 11.1 Å². The normalized spacial score (nSPS) is 20.3. The number of piperidine rings is 1. The molecule has 1 unspecified atom stereocenters. The number of rotatable bonds is 7. The predicted molar refractivity (Wildman–Crippen MR) is 70.7 cm³/mol. The van der Waals surface area contributed by atoms with E-state index in [0.29, 0.717) is 19.5 Å². The van der Waals surface area contributed by atoms with Crippen LogP contribution in [0.5, 0.6) is 0 Å². The van der Waals surface area contributed by atoms with Crippen LogP contribution in [-0.4, -0.2) is 43.5 Å². The van der Waals surface area contributed by atoms with Gasteiger partial charge in [-0.15, -0.1) is 0 Å². The molecule has 1 atom stereocenters. The van der Waals surface area contributed by atoms with E-state index in [2.05, 4.69) is 16.3 Å². The van der Waals surface area contributed by atoms with E-state index in [0.717, 1.165) is 45.3 Å². The lowest BCUT2D eigenvalue weighted by atomic mass is 9.97. The van der Waals surface area contributed by atoms with Gasteiger partial charge in [-0.1, -0.05) is 0 Å². The maximum absolute atomic E-state index is 11.8. The third-order valence-corrected chi connectivity index (χ3v) is 3.33. The zero-order chi connectivity index (χ0) is 13.2. The van der Waals surface area contributed by atoms with Crippen LogP contribution in [0.2, 0.25) is 0 Å². The molecule has 0 aliphatic carbocycles. The van der Waals surface area contributed by atoms with Crippen molar-refractivity contribution in [2.45, 2.75) is 32.1 Å². The van der Waals surface area contributed by atoms with Crippen molar-refractivity contribution in [3.05, 3.63) is 0 Å². The molecule has 1 aliphatic heterocycles. The fourth-order valence-corrected chi connectivity index (χ4v) is 2.35. The van der Waals surface area contributed by atoms with E-state index in [1.165, 1.54) is 0 Å². The Bertz CT molecular complexity index is 287. The maximum Gasteiger partial charge on any atom is 0.224 e. The number of hydrogen-bond donors (Lipinski definition) is 2. The second kappa shape index (κ2) is 8.90. The van der Waals surface area contributed by atoms with Crippen LogP contribution in [0.4, 0.5) is 0 Å². The van der Waals surface area contributed by atoms with Crippen LogP contribution in [0.1, 0.15) is 32.1 Å². The van der Waals surface area contributed by atoms with Gasteiger partial charge in [-0.2, -0.15) is 5.26 Å².